The molecule has 3 nitrogen and oxygen atoms in total. The van der Waals surface area contributed by atoms with Gasteiger partial charge in [-0.2, -0.15) is 0 Å². The van der Waals surface area contributed by atoms with Gasteiger partial charge >= 0.3 is 0 Å². The number of carbonyl (C=O) groups is 1. The number of piperidine rings is 1. The van der Waals surface area contributed by atoms with Crippen LogP contribution in [-0.2, 0) is 0 Å². The summed E-state index contributed by atoms with van der Waals surface area (Å²) in [5.74, 6) is -0.784. The molecule has 1 heterocycles. The number of hydrogen-bond donors (Lipinski definition) is 0. The number of likely N-dealkylation sites (N-methyl/N-ethyl adjacent to an activating group) is 1. The number of benzene rings is 1. The zero-order valence-electron chi connectivity index (χ0n) is 11.2. The van der Waals surface area contributed by atoms with Crippen molar-refractivity contribution < 1.29 is 9.18 Å². The lowest BCUT2D eigenvalue weighted by Crippen LogP contribution is -2.47. The number of hydrogen-bond acceptors (Lipinski definition) is 2. The average Bonchev–Trinajstić information content (AvgIpc) is 2.41. The molecule has 1 fully saturated rings. The second-order valence-electron chi connectivity index (χ2n) is 5.13. The van der Waals surface area contributed by atoms with Crippen molar-refractivity contribution in [3.63, 3.8) is 0 Å². The molecule has 19 heavy (non-hydrogen) atoms. The van der Waals surface area contributed by atoms with Gasteiger partial charge in [0.05, 0.1) is 5.56 Å². The molecule has 1 amide bonds. The van der Waals surface area contributed by atoms with Crippen molar-refractivity contribution in [1.82, 2.24) is 9.80 Å². The lowest BCUT2D eigenvalue weighted by Gasteiger charge is -2.36. The third kappa shape index (κ3) is 3.25. The van der Waals surface area contributed by atoms with Gasteiger partial charge in [0, 0.05) is 24.2 Å². The molecule has 1 unspecified atom stereocenters. The molecule has 5 heteroatoms. The summed E-state index contributed by atoms with van der Waals surface area (Å²) in [7, 11) is 4.00. The van der Waals surface area contributed by atoms with Crippen LogP contribution in [0.2, 0.25) is 5.02 Å². The first-order valence-electron chi connectivity index (χ1n) is 6.40. The van der Waals surface area contributed by atoms with Gasteiger partial charge in [-0.05, 0) is 45.1 Å². The Hall–Kier alpha value is -1.13. The minimum Gasteiger partial charge on any atom is -0.337 e. The molecule has 0 radical (unpaired) electrons. The predicted octanol–water partition coefficient (Wildman–Crippen LogP) is 2.65. The number of halogens is 2. The smallest absolute Gasteiger partial charge is 0.256 e. The van der Waals surface area contributed by atoms with Gasteiger partial charge in [0.15, 0.2) is 0 Å². The van der Waals surface area contributed by atoms with E-state index in [0.29, 0.717) is 24.2 Å². The van der Waals surface area contributed by atoms with Crippen LogP contribution in [0.15, 0.2) is 18.2 Å². The maximum absolute atomic E-state index is 13.7. The second kappa shape index (κ2) is 5.88. The normalized spacial score (nSPS) is 19.8. The van der Waals surface area contributed by atoms with Crippen molar-refractivity contribution in [2.24, 2.45) is 0 Å². The molecule has 1 aliphatic rings. The van der Waals surface area contributed by atoms with E-state index < -0.39 is 5.82 Å². The highest BCUT2D eigenvalue weighted by Crippen LogP contribution is 2.20. The summed E-state index contributed by atoms with van der Waals surface area (Å²) in [6.07, 6.45) is 2.01. The number of nitrogens with zero attached hydrogens (tertiary/aromatic N) is 2. The van der Waals surface area contributed by atoms with Crippen LogP contribution in [0.4, 0.5) is 4.39 Å². The van der Waals surface area contributed by atoms with Gasteiger partial charge in [0.1, 0.15) is 5.82 Å². The van der Waals surface area contributed by atoms with Crippen LogP contribution in [0.25, 0.3) is 0 Å². The molecule has 0 bridgehead atoms. The van der Waals surface area contributed by atoms with E-state index in [-0.39, 0.29) is 11.5 Å². The highest BCUT2D eigenvalue weighted by atomic mass is 35.5. The summed E-state index contributed by atoms with van der Waals surface area (Å²) < 4.78 is 13.7. The fraction of sp³-hybridized carbons (Fsp3) is 0.500. The zero-order valence-corrected chi connectivity index (χ0v) is 12.0. The Balaban J connectivity index is 2.17. The van der Waals surface area contributed by atoms with E-state index >= 15 is 0 Å². The lowest BCUT2D eigenvalue weighted by atomic mass is 10.0. The van der Waals surface area contributed by atoms with Crippen LogP contribution in [0, 0.1) is 5.82 Å². The van der Waals surface area contributed by atoms with Gasteiger partial charge in [-0.15, -0.1) is 0 Å². The second-order valence-corrected chi connectivity index (χ2v) is 5.57. The van der Waals surface area contributed by atoms with Gasteiger partial charge in [-0.1, -0.05) is 11.6 Å². The summed E-state index contributed by atoms with van der Waals surface area (Å²) in [5, 5.41) is 0.380. The molecule has 0 N–H and O–H groups in total. The lowest BCUT2D eigenvalue weighted by molar-refractivity contribution is 0.0630. The van der Waals surface area contributed by atoms with Crippen LogP contribution >= 0.6 is 11.6 Å². The Morgan fingerprint density at radius 2 is 2.21 bits per heavy atom. The van der Waals surface area contributed by atoms with Gasteiger partial charge in [0.25, 0.3) is 5.91 Å². The summed E-state index contributed by atoms with van der Waals surface area (Å²) in [6.45, 7) is 1.31. The first-order chi connectivity index (χ1) is 8.99. The van der Waals surface area contributed by atoms with E-state index in [1.165, 1.54) is 18.2 Å². The third-order valence-electron chi connectivity index (χ3n) is 3.57. The first-order valence-corrected chi connectivity index (χ1v) is 6.77. The number of rotatable bonds is 2. The Kier molecular flexibility index (Phi) is 4.42. The summed E-state index contributed by atoms with van der Waals surface area (Å²) in [4.78, 5) is 16.2. The van der Waals surface area contributed by atoms with Gasteiger partial charge in [0.2, 0.25) is 0 Å². The van der Waals surface area contributed by atoms with E-state index in [0.717, 1.165) is 12.8 Å². The standard InChI is InChI=1S/C14H18ClFN2O/c1-17(2)11-4-3-7-18(9-11)14(19)12-8-10(15)5-6-13(12)16/h5-6,8,11H,3-4,7,9H2,1-2H3. The van der Waals surface area contributed by atoms with Gasteiger partial charge in [-0.3, -0.25) is 4.79 Å². The minimum absolute atomic E-state index is 0.0620. The van der Waals surface area contributed by atoms with Crippen molar-refractivity contribution in [2.75, 3.05) is 27.2 Å². The van der Waals surface area contributed by atoms with Crippen molar-refractivity contribution in [3.8, 4) is 0 Å². The van der Waals surface area contributed by atoms with E-state index in [1.807, 2.05) is 14.1 Å². The van der Waals surface area contributed by atoms with Crippen molar-refractivity contribution in [3.05, 3.63) is 34.6 Å². The van der Waals surface area contributed by atoms with Crippen LogP contribution in [0.3, 0.4) is 0 Å². The molecule has 0 aromatic heterocycles. The summed E-state index contributed by atoms with van der Waals surface area (Å²) in [6, 6.07) is 4.42. The molecule has 1 saturated heterocycles. The monoisotopic (exact) mass is 284 g/mol. The SMILES string of the molecule is CN(C)C1CCCN(C(=O)c2cc(Cl)ccc2F)C1. The Labute approximate surface area is 117 Å². The Bertz CT molecular complexity index is 479. The molecule has 1 aliphatic heterocycles. The molecular weight excluding hydrogens is 267 g/mol. The fourth-order valence-electron chi connectivity index (χ4n) is 2.39. The topological polar surface area (TPSA) is 23.6 Å². The van der Waals surface area contributed by atoms with Gasteiger partial charge < -0.3 is 9.80 Å². The van der Waals surface area contributed by atoms with E-state index in [9.17, 15) is 9.18 Å². The molecule has 0 saturated carbocycles. The van der Waals surface area contributed by atoms with Crippen LogP contribution < -0.4 is 0 Å². The van der Waals surface area contributed by atoms with Crippen molar-refractivity contribution >= 4 is 17.5 Å². The molecule has 2 rings (SSSR count). The highest BCUT2D eigenvalue weighted by Gasteiger charge is 2.27. The molecule has 104 valence electrons. The number of carbonyl (C=O) groups excluding carboxylic acids is 1. The molecule has 0 spiro atoms. The van der Waals surface area contributed by atoms with Crippen molar-refractivity contribution in [1.29, 1.82) is 0 Å². The van der Waals surface area contributed by atoms with Crippen LogP contribution in [0.5, 0.6) is 0 Å². The fourth-order valence-corrected chi connectivity index (χ4v) is 2.56. The molecule has 1 atom stereocenters. The largest absolute Gasteiger partial charge is 0.337 e. The van der Waals surface area contributed by atoms with E-state index in [2.05, 4.69) is 4.90 Å². The quantitative estimate of drug-likeness (QED) is 0.833. The number of likely N-dealkylation sites (tertiary alicyclic amines) is 1. The predicted molar refractivity (Wildman–Crippen MR) is 74.0 cm³/mol. The highest BCUT2D eigenvalue weighted by molar-refractivity contribution is 6.31. The summed E-state index contributed by atoms with van der Waals surface area (Å²) in [5.41, 5.74) is 0.0620. The van der Waals surface area contributed by atoms with Gasteiger partial charge in [-0.25, -0.2) is 4.39 Å². The van der Waals surface area contributed by atoms with E-state index in [4.69, 9.17) is 11.6 Å². The van der Waals surface area contributed by atoms with Crippen LogP contribution in [0.1, 0.15) is 23.2 Å². The average molecular weight is 285 g/mol. The maximum Gasteiger partial charge on any atom is 0.256 e. The summed E-state index contributed by atoms with van der Waals surface area (Å²) >= 11 is 5.83. The molecule has 1 aromatic carbocycles. The molecule has 1 aromatic rings. The Morgan fingerprint density at radius 3 is 2.89 bits per heavy atom. The Morgan fingerprint density at radius 1 is 1.47 bits per heavy atom. The van der Waals surface area contributed by atoms with Crippen molar-refractivity contribution in [2.45, 2.75) is 18.9 Å². The maximum atomic E-state index is 13.7. The first kappa shape index (κ1) is 14.3. The van der Waals surface area contributed by atoms with Crippen LogP contribution in [-0.4, -0.2) is 48.9 Å². The molecule has 0 aliphatic carbocycles. The minimum atomic E-state index is -0.513. The van der Waals surface area contributed by atoms with E-state index in [1.54, 1.807) is 4.90 Å². The number of amides is 1. The zero-order chi connectivity index (χ0) is 14.0. The third-order valence-corrected chi connectivity index (χ3v) is 3.81. The molecular formula is C14H18ClFN2O.